The van der Waals surface area contributed by atoms with Crippen molar-refractivity contribution in [3.63, 3.8) is 0 Å². The molecule has 1 amide bonds. The number of rotatable bonds is 4. The Kier molecular flexibility index (Phi) is 4.58. The first-order valence-electron chi connectivity index (χ1n) is 8.92. The summed E-state index contributed by atoms with van der Waals surface area (Å²) >= 11 is 0. The zero-order chi connectivity index (χ0) is 18.8. The van der Waals surface area contributed by atoms with Crippen LogP contribution < -0.4 is 10.6 Å². The first kappa shape index (κ1) is 17.2. The van der Waals surface area contributed by atoms with Gasteiger partial charge in [-0.2, -0.15) is 5.10 Å². The van der Waals surface area contributed by atoms with E-state index in [1.165, 1.54) is 12.1 Å². The molecule has 1 atom stereocenters. The molecule has 0 aliphatic carbocycles. The molecule has 3 N–H and O–H groups in total. The molecule has 0 unspecified atom stereocenters. The Morgan fingerprint density at radius 1 is 1.26 bits per heavy atom. The summed E-state index contributed by atoms with van der Waals surface area (Å²) < 4.78 is 13.3. The Balaban J connectivity index is 1.63. The molecule has 0 bridgehead atoms. The molecule has 6 nitrogen and oxygen atoms in total. The summed E-state index contributed by atoms with van der Waals surface area (Å²) in [7, 11) is 0. The lowest BCUT2D eigenvalue weighted by atomic mass is 9.90. The van der Waals surface area contributed by atoms with E-state index in [9.17, 15) is 9.18 Å². The molecule has 4 rings (SSSR count). The van der Waals surface area contributed by atoms with Crippen LogP contribution in [0.3, 0.4) is 0 Å². The van der Waals surface area contributed by atoms with Crippen LogP contribution >= 0.6 is 0 Å². The predicted octanol–water partition coefficient (Wildman–Crippen LogP) is 3.09. The van der Waals surface area contributed by atoms with E-state index < -0.39 is 5.91 Å². The van der Waals surface area contributed by atoms with E-state index in [1.807, 2.05) is 0 Å². The van der Waals surface area contributed by atoms with Gasteiger partial charge in [-0.25, -0.2) is 9.37 Å². The number of carbonyl (C=O) groups is 1. The summed E-state index contributed by atoms with van der Waals surface area (Å²) in [6.45, 7) is 1.52. The van der Waals surface area contributed by atoms with Crippen LogP contribution in [-0.2, 0) is 0 Å². The van der Waals surface area contributed by atoms with Gasteiger partial charge in [0.1, 0.15) is 11.6 Å². The molecule has 3 heterocycles. The van der Waals surface area contributed by atoms with Crippen LogP contribution in [0, 0.1) is 5.82 Å². The number of hydrogen-bond donors (Lipinski definition) is 2. The maximum absolute atomic E-state index is 13.3. The minimum absolute atomic E-state index is 0.198. The lowest BCUT2D eigenvalue weighted by Gasteiger charge is -2.34. The second-order valence-corrected chi connectivity index (χ2v) is 6.73. The minimum Gasteiger partial charge on any atom is -0.365 e. The Morgan fingerprint density at radius 3 is 2.85 bits per heavy atom. The van der Waals surface area contributed by atoms with Gasteiger partial charge in [0.25, 0.3) is 5.91 Å². The number of nitrogens with two attached hydrogens (primary N) is 1. The molecule has 138 valence electrons. The van der Waals surface area contributed by atoms with Crippen molar-refractivity contribution >= 4 is 11.7 Å². The van der Waals surface area contributed by atoms with Crippen molar-refractivity contribution in [1.29, 1.82) is 0 Å². The largest absolute Gasteiger partial charge is 0.365 e. The monoisotopic (exact) mass is 365 g/mol. The quantitative estimate of drug-likeness (QED) is 0.744. The molecule has 1 aliphatic rings. The van der Waals surface area contributed by atoms with Crippen molar-refractivity contribution in [2.24, 2.45) is 5.73 Å². The fraction of sp³-hybridized carbons (Fsp3) is 0.250. The van der Waals surface area contributed by atoms with Crippen LogP contribution in [0.15, 0.2) is 48.8 Å². The molecular weight excluding hydrogens is 345 g/mol. The standard InChI is InChI=1S/C20H20FN5O/c21-15-7-5-13(6-8-15)17-11-24-25-18(17)14-3-2-10-26(12-14)20-16(19(22)27)4-1-9-23-20/h1,4-9,11,14H,2-3,10,12H2,(H2,22,27)(H,24,25)/t14-/m0/s1. The number of benzene rings is 1. The number of amides is 1. The maximum Gasteiger partial charge on any atom is 0.252 e. The highest BCUT2D eigenvalue weighted by Gasteiger charge is 2.27. The Hall–Kier alpha value is -3.22. The third-order valence-electron chi connectivity index (χ3n) is 5.01. The van der Waals surface area contributed by atoms with E-state index in [2.05, 4.69) is 20.1 Å². The number of aromatic amines is 1. The minimum atomic E-state index is -0.478. The van der Waals surface area contributed by atoms with Gasteiger partial charge >= 0.3 is 0 Å². The summed E-state index contributed by atoms with van der Waals surface area (Å²) in [6, 6.07) is 9.84. The lowest BCUT2D eigenvalue weighted by molar-refractivity contribution is 0.100. The van der Waals surface area contributed by atoms with E-state index >= 15 is 0 Å². The van der Waals surface area contributed by atoms with Crippen molar-refractivity contribution in [3.8, 4) is 11.1 Å². The van der Waals surface area contributed by atoms with E-state index in [4.69, 9.17) is 5.73 Å². The van der Waals surface area contributed by atoms with Gasteiger partial charge in [-0.1, -0.05) is 12.1 Å². The number of aromatic nitrogens is 3. The van der Waals surface area contributed by atoms with Gasteiger partial charge in [-0.15, -0.1) is 0 Å². The zero-order valence-corrected chi connectivity index (χ0v) is 14.7. The first-order valence-corrected chi connectivity index (χ1v) is 8.92. The number of carbonyl (C=O) groups excluding carboxylic acids is 1. The van der Waals surface area contributed by atoms with Crippen LogP contribution in [0.2, 0.25) is 0 Å². The molecule has 0 spiro atoms. The summed E-state index contributed by atoms with van der Waals surface area (Å²) in [4.78, 5) is 18.2. The van der Waals surface area contributed by atoms with Crippen molar-refractivity contribution in [2.45, 2.75) is 18.8 Å². The highest BCUT2D eigenvalue weighted by Crippen LogP contribution is 2.34. The van der Waals surface area contributed by atoms with Gasteiger partial charge in [-0.05, 0) is 42.7 Å². The summed E-state index contributed by atoms with van der Waals surface area (Å²) in [5, 5.41) is 7.33. The highest BCUT2D eigenvalue weighted by molar-refractivity contribution is 5.97. The smallest absolute Gasteiger partial charge is 0.252 e. The van der Waals surface area contributed by atoms with E-state index in [-0.39, 0.29) is 11.7 Å². The number of H-pyrrole nitrogens is 1. The molecule has 27 heavy (non-hydrogen) atoms. The second-order valence-electron chi connectivity index (χ2n) is 6.73. The number of primary amides is 1. The zero-order valence-electron chi connectivity index (χ0n) is 14.7. The second kappa shape index (κ2) is 7.19. The van der Waals surface area contributed by atoms with Crippen LogP contribution in [0.25, 0.3) is 11.1 Å². The Bertz CT molecular complexity index is 953. The van der Waals surface area contributed by atoms with E-state index in [0.29, 0.717) is 17.9 Å². The maximum atomic E-state index is 13.3. The SMILES string of the molecule is NC(=O)c1cccnc1N1CCC[C@H](c2[nH]ncc2-c2ccc(F)cc2)C1. The molecule has 7 heteroatoms. The van der Waals surface area contributed by atoms with Crippen molar-refractivity contribution in [2.75, 3.05) is 18.0 Å². The Morgan fingerprint density at radius 2 is 2.07 bits per heavy atom. The lowest BCUT2D eigenvalue weighted by Crippen LogP contribution is -2.36. The summed E-state index contributed by atoms with van der Waals surface area (Å²) in [5.74, 6) is 0.0807. The average Bonchev–Trinajstić information content (AvgIpc) is 3.18. The van der Waals surface area contributed by atoms with Crippen LogP contribution in [0.1, 0.15) is 34.8 Å². The molecular formula is C20H20FN5O. The van der Waals surface area contributed by atoms with Crippen molar-refractivity contribution in [1.82, 2.24) is 15.2 Å². The number of nitrogens with zero attached hydrogens (tertiary/aromatic N) is 3. The first-order chi connectivity index (χ1) is 13.1. The molecule has 1 aromatic carbocycles. The number of piperidine rings is 1. The van der Waals surface area contributed by atoms with Crippen molar-refractivity contribution < 1.29 is 9.18 Å². The third-order valence-corrected chi connectivity index (χ3v) is 5.01. The van der Waals surface area contributed by atoms with Crippen LogP contribution in [0.4, 0.5) is 10.2 Å². The molecule has 3 aromatic rings. The number of hydrogen-bond acceptors (Lipinski definition) is 4. The van der Waals surface area contributed by atoms with Gasteiger partial charge in [0, 0.05) is 36.5 Å². The van der Waals surface area contributed by atoms with E-state index in [0.717, 1.165) is 36.2 Å². The van der Waals surface area contributed by atoms with Crippen LogP contribution in [0.5, 0.6) is 0 Å². The highest BCUT2D eigenvalue weighted by atomic mass is 19.1. The Labute approximate surface area is 156 Å². The van der Waals surface area contributed by atoms with E-state index in [1.54, 1.807) is 36.7 Å². The third kappa shape index (κ3) is 3.40. The predicted molar refractivity (Wildman–Crippen MR) is 101 cm³/mol. The number of pyridine rings is 1. The topological polar surface area (TPSA) is 87.9 Å². The molecule has 1 saturated heterocycles. The molecule has 1 fully saturated rings. The van der Waals surface area contributed by atoms with Gasteiger partial charge < -0.3 is 10.6 Å². The van der Waals surface area contributed by atoms with Gasteiger partial charge in [0.05, 0.1) is 11.8 Å². The van der Waals surface area contributed by atoms with Gasteiger partial charge in [0.2, 0.25) is 0 Å². The van der Waals surface area contributed by atoms with Crippen molar-refractivity contribution in [3.05, 3.63) is 65.9 Å². The summed E-state index contributed by atoms with van der Waals surface area (Å²) in [6.07, 6.45) is 5.40. The molecule has 2 aromatic heterocycles. The fourth-order valence-corrected chi connectivity index (χ4v) is 3.71. The molecule has 0 saturated carbocycles. The normalized spacial score (nSPS) is 17.1. The number of anilines is 1. The van der Waals surface area contributed by atoms with Crippen LogP contribution in [-0.4, -0.2) is 34.2 Å². The van der Waals surface area contributed by atoms with Gasteiger partial charge in [-0.3, -0.25) is 9.89 Å². The average molecular weight is 365 g/mol. The number of nitrogens with one attached hydrogen (secondary N) is 1. The van der Waals surface area contributed by atoms with Gasteiger partial charge in [0.15, 0.2) is 0 Å². The number of halogens is 1. The molecule has 0 radical (unpaired) electrons. The molecule has 1 aliphatic heterocycles. The summed E-state index contributed by atoms with van der Waals surface area (Å²) in [5.41, 5.74) is 8.85. The fourth-order valence-electron chi connectivity index (χ4n) is 3.71.